The van der Waals surface area contributed by atoms with Crippen molar-refractivity contribution in [2.45, 2.75) is 38.6 Å². The maximum Gasteiger partial charge on any atom is 0.247 e. The number of likely N-dealkylation sites (N-methyl/N-ethyl adjacent to an activating group) is 1. The van der Waals surface area contributed by atoms with Crippen molar-refractivity contribution in [1.82, 2.24) is 20.1 Å². The van der Waals surface area contributed by atoms with E-state index in [1.165, 1.54) is 0 Å². The summed E-state index contributed by atoms with van der Waals surface area (Å²) in [4.78, 5) is 38.0. The number of guanidine groups is 1. The van der Waals surface area contributed by atoms with Gasteiger partial charge in [-0.25, -0.2) is 4.99 Å². The van der Waals surface area contributed by atoms with Gasteiger partial charge in [0.25, 0.3) is 0 Å². The van der Waals surface area contributed by atoms with Gasteiger partial charge in [0.05, 0.1) is 6.54 Å². The van der Waals surface area contributed by atoms with Crippen LogP contribution in [-0.4, -0.2) is 65.3 Å². The third kappa shape index (κ3) is 6.85. The van der Waals surface area contributed by atoms with E-state index in [4.69, 9.17) is 4.42 Å². The molecule has 1 fully saturated rings. The zero-order chi connectivity index (χ0) is 26.2. The molecule has 192 valence electrons. The molecule has 0 saturated carbocycles. The molecule has 1 aliphatic heterocycles. The predicted molar refractivity (Wildman–Crippen MR) is 141 cm³/mol. The summed E-state index contributed by atoms with van der Waals surface area (Å²) < 4.78 is 5.61. The quantitative estimate of drug-likeness (QED) is 0.220. The number of pyridine rings is 1. The number of fused-ring (bicyclic) bond motifs is 1. The Hall–Kier alpha value is -4.39. The van der Waals surface area contributed by atoms with Crippen molar-refractivity contribution in [2.24, 2.45) is 4.99 Å². The molecule has 10 nitrogen and oxygen atoms in total. The molecule has 10 heteroatoms. The van der Waals surface area contributed by atoms with Gasteiger partial charge in [0.1, 0.15) is 17.4 Å². The number of hydrogen-bond donors (Lipinski definition) is 2. The second kappa shape index (κ2) is 12.0. The van der Waals surface area contributed by atoms with Crippen LogP contribution in [0.15, 0.2) is 58.2 Å². The Morgan fingerprint density at radius 1 is 1.27 bits per heavy atom. The van der Waals surface area contributed by atoms with Crippen molar-refractivity contribution >= 4 is 34.4 Å². The zero-order valence-corrected chi connectivity index (χ0v) is 21.1. The standard InChI is InChI=1S/C27H31N7O3/c1-19-15-21-16-22(6-7-24(21)37-19)31-27(30-18-28)32-23-5-3-4-13-34(26(23)36)17-25(35)33(2)14-10-20-8-11-29-12-9-20/h6-9,11-12,15-16,23H,3-5,10,13-14,17H2,1-2H3,(H2,30,31,32)/t23-/m0/s1. The van der Waals surface area contributed by atoms with Gasteiger partial charge in [-0.2, -0.15) is 5.26 Å². The summed E-state index contributed by atoms with van der Waals surface area (Å²) in [6.45, 7) is 2.93. The van der Waals surface area contributed by atoms with Crippen LogP contribution < -0.4 is 10.6 Å². The molecule has 3 heterocycles. The first-order chi connectivity index (χ1) is 17.9. The van der Waals surface area contributed by atoms with Gasteiger partial charge < -0.3 is 19.5 Å². The summed E-state index contributed by atoms with van der Waals surface area (Å²) in [5.74, 6) is 0.651. The predicted octanol–water partition coefficient (Wildman–Crippen LogP) is 3.06. The molecule has 0 spiro atoms. The van der Waals surface area contributed by atoms with E-state index in [0.717, 1.165) is 35.1 Å². The number of anilines is 1. The van der Waals surface area contributed by atoms with E-state index in [0.29, 0.717) is 31.6 Å². The van der Waals surface area contributed by atoms with Crippen LogP contribution in [0.5, 0.6) is 0 Å². The molecule has 4 rings (SSSR count). The van der Waals surface area contributed by atoms with E-state index in [9.17, 15) is 14.9 Å². The van der Waals surface area contributed by atoms with E-state index in [1.807, 2.05) is 49.5 Å². The molecule has 0 unspecified atom stereocenters. The van der Waals surface area contributed by atoms with Crippen molar-refractivity contribution in [3.8, 4) is 6.19 Å². The van der Waals surface area contributed by atoms with E-state index in [2.05, 4.69) is 20.6 Å². The number of hydrogen-bond acceptors (Lipinski definition) is 6. The van der Waals surface area contributed by atoms with Crippen LogP contribution in [-0.2, 0) is 16.0 Å². The van der Waals surface area contributed by atoms with Crippen LogP contribution in [0.25, 0.3) is 11.0 Å². The summed E-state index contributed by atoms with van der Waals surface area (Å²) in [6, 6.07) is 10.6. The molecule has 2 aromatic heterocycles. The Bertz CT molecular complexity index is 1310. The van der Waals surface area contributed by atoms with Crippen molar-refractivity contribution in [2.75, 3.05) is 32.0 Å². The Labute approximate surface area is 216 Å². The molecule has 1 saturated heterocycles. The number of nitriles is 1. The van der Waals surface area contributed by atoms with Gasteiger partial charge >= 0.3 is 0 Å². The third-order valence-corrected chi connectivity index (χ3v) is 6.35. The van der Waals surface area contributed by atoms with E-state index < -0.39 is 6.04 Å². The number of furan rings is 1. The number of benzene rings is 1. The van der Waals surface area contributed by atoms with Crippen molar-refractivity contribution in [1.29, 1.82) is 5.26 Å². The van der Waals surface area contributed by atoms with Gasteiger partial charge in [-0.3, -0.25) is 19.9 Å². The molecule has 0 bridgehead atoms. The Kier molecular flexibility index (Phi) is 8.36. The number of aliphatic imine (C=N–C) groups is 1. The molecule has 1 aliphatic rings. The lowest BCUT2D eigenvalue weighted by atomic mass is 10.1. The van der Waals surface area contributed by atoms with Crippen LogP contribution in [0.4, 0.5) is 5.69 Å². The molecule has 2 amide bonds. The fourth-order valence-electron chi connectivity index (χ4n) is 4.31. The lowest BCUT2D eigenvalue weighted by Gasteiger charge is -2.25. The van der Waals surface area contributed by atoms with Gasteiger partial charge in [0, 0.05) is 43.6 Å². The van der Waals surface area contributed by atoms with Gasteiger partial charge in [-0.15, -0.1) is 0 Å². The Balaban J connectivity index is 1.42. The largest absolute Gasteiger partial charge is 0.461 e. The van der Waals surface area contributed by atoms with Gasteiger partial charge in [0.15, 0.2) is 6.19 Å². The molecule has 0 aliphatic carbocycles. The molecule has 0 radical (unpaired) electrons. The maximum absolute atomic E-state index is 13.3. The molecule has 37 heavy (non-hydrogen) atoms. The third-order valence-electron chi connectivity index (χ3n) is 6.35. The van der Waals surface area contributed by atoms with Crippen LogP contribution in [0.3, 0.4) is 0 Å². The topological polar surface area (TPSA) is 127 Å². The Morgan fingerprint density at radius 2 is 2.08 bits per heavy atom. The van der Waals surface area contributed by atoms with Crippen LogP contribution in [0.2, 0.25) is 0 Å². The summed E-state index contributed by atoms with van der Waals surface area (Å²) in [7, 11) is 1.75. The maximum atomic E-state index is 13.3. The SMILES string of the molecule is Cc1cc2cc(NC(=N[C@H]3CCCCN(CC(=O)N(C)CCc4ccncc4)C3=O)NC#N)ccc2o1. The fourth-order valence-corrected chi connectivity index (χ4v) is 4.31. The molecular weight excluding hydrogens is 470 g/mol. The van der Waals surface area contributed by atoms with E-state index >= 15 is 0 Å². The smallest absolute Gasteiger partial charge is 0.247 e. The molecule has 1 atom stereocenters. The highest BCUT2D eigenvalue weighted by atomic mass is 16.3. The number of aryl methyl sites for hydroxylation is 1. The van der Waals surface area contributed by atoms with Crippen LogP contribution in [0.1, 0.15) is 30.6 Å². The van der Waals surface area contributed by atoms with Gasteiger partial charge in [-0.05, 0) is 74.6 Å². The van der Waals surface area contributed by atoms with Gasteiger partial charge in [0.2, 0.25) is 17.8 Å². The van der Waals surface area contributed by atoms with E-state index in [-0.39, 0.29) is 24.3 Å². The summed E-state index contributed by atoms with van der Waals surface area (Å²) >= 11 is 0. The Morgan fingerprint density at radius 3 is 2.86 bits per heavy atom. The number of likely N-dealkylation sites (tertiary alicyclic amines) is 1. The molecule has 2 N–H and O–H groups in total. The average molecular weight is 502 g/mol. The molecular formula is C27H31N7O3. The monoisotopic (exact) mass is 501 g/mol. The fraction of sp³-hybridized carbons (Fsp3) is 0.370. The zero-order valence-electron chi connectivity index (χ0n) is 21.1. The normalized spacial score (nSPS) is 16.2. The van der Waals surface area contributed by atoms with Crippen molar-refractivity contribution in [3.05, 3.63) is 60.1 Å². The number of carbonyl (C=O) groups excluding carboxylic acids is 2. The minimum Gasteiger partial charge on any atom is -0.461 e. The number of nitrogens with one attached hydrogen (secondary N) is 2. The number of nitrogens with zero attached hydrogens (tertiary/aromatic N) is 5. The van der Waals surface area contributed by atoms with Crippen LogP contribution in [0, 0.1) is 18.4 Å². The lowest BCUT2D eigenvalue weighted by molar-refractivity contribution is -0.140. The van der Waals surface area contributed by atoms with Crippen molar-refractivity contribution < 1.29 is 14.0 Å². The first-order valence-corrected chi connectivity index (χ1v) is 12.3. The number of carbonyl (C=O) groups is 2. The highest BCUT2D eigenvalue weighted by molar-refractivity contribution is 5.98. The van der Waals surface area contributed by atoms with Crippen molar-refractivity contribution in [3.63, 3.8) is 0 Å². The number of amides is 2. The summed E-state index contributed by atoms with van der Waals surface area (Å²) in [6.07, 6.45) is 8.18. The highest BCUT2D eigenvalue weighted by Gasteiger charge is 2.29. The summed E-state index contributed by atoms with van der Waals surface area (Å²) in [5, 5.41) is 15.8. The number of rotatable bonds is 7. The second-order valence-corrected chi connectivity index (χ2v) is 9.14. The molecule has 1 aromatic carbocycles. The number of aromatic nitrogens is 1. The van der Waals surface area contributed by atoms with Crippen LogP contribution >= 0.6 is 0 Å². The second-order valence-electron chi connectivity index (χ2n) is 9.14. The highest BCUT2D eigenvalue weighted by Crippen LogP contribution is 2.23. The first kappa shape index (κ1) is 25.7. The first-order valence-electron chi connectivity index (χ1n) is 12.3. The minimum atomic E-state index is -0.694. The molecule has 3 aromatic rings. The average Bonchev–Trinajstić information content (AvgIpc) is 3.18. The summed E-state index contributed by atoms with van der Waals surface area (Å²) in [5.41, 5.74) is 2.57. The lowest BCUT2D eigenvalue weighted by Crippen LogP contribution is -2.45. The van der Waals surface area contributed by atoms with Gasteiger partial charge in [-0.1, -0.05) is 0 Å². The van der Waals surface area contributed by atoms with E-state index in [1.54, 1.807) is 29.2 Å². The minimum absolute atomic E-state index is 0.00263.